The van der Waals surface area contributed by atoms with Crippen LogP contribution >= 0.6 is 11.3 Å². The number of aromatic nitrogens is 1. The van der Waals surface area contributed by atoms with Crippen LogP contribution in [0.3, 0.4) is 0 Å². The van der Waals surface area contributed by atoms with Crippen molar-refractivity contribution in [3.8, 4) is 0 Å². The van der Waals surface area contributed by atoms with Gasteiger partial charge in [-0.05, 0) is 7.05 Å². The molecule has 2 amide bonds. The molecule has 2 rings (SSSR count). The van der Waals surface area contributed by atoms with Crippen LogP contribution in [0.15, 0.2) is 11.6 Å². The number of likely N-dealkylation sites (N-methyl/N-ethyl adjacent to an activating group) is 1. The van der Waals surface area contributed by atoms with Gasteiger partial charge in [0.1, 0.15) is 6.04 Å². The third-order valence-corrected chi connectivity index (χ3v) is 4.36. The maximum Gasteiger partial charge on any atom is 0.239 e. The van der Waals surface area contributed by atoms with Crippen LogP contribution < -0.4 is 5.32 Å². The van der Waals surface area contributed by atoms with E-state index in [1.807, 2.05) is 17.3 Å². The van der Waals surface area contributed by atoms with Gasteiger partial charge in [-0.2, -0.15) is 0 Å². The van der Waals surface area contributed by atoms with E-state index in [0.29, 0.717) is 19.6 Å². The van der Waals surface area contributed by atoms with Gasteiger partial charge in [0.15, 0.2) is 0 Å². The van der Waals surface area contributed by atoms with Gasteiger partial charge in [0.25, 0.3) is 0 Å². The zero-order chi connectivity index (χ0) is 14.5. The van der Waals surface area contributed by atoms with Crippen LogP contribution in [-0.4, -0.2) is 65.9 Å². The minimum absolute atomic E-state index is 0.0185. The summed E-state index contributed by atoms with van der Waals surface area (Å²) < 4.78 is 0. The van der Waals surface area contributed by atoms with Gasteiger partial charge in [-0.25, -0.2) is 4.98 Å². The first-order valence-corrected chi connectivity index (χ1v) is 7.57. The molecule has 6 nitrogen and oxygen atoms in total. The van der Waals surface area contributed by atoms with Crippen LogP contribution in [0.4, 0.5) is 0 Å². The summed E-state index contributed by atoms with van der Waals surface area (Å²) in [6, 6.07) is -0.260. The Morgan fingerprint density at radius 2 is 2.30 bits per heavy atom. The molecule has 1 aliphatic rings. The SMILES string of the molecule is CC(=O)N1CCN(C)C(C(=O)NCCc2nccs2)C1. The van der Waals surface area contributed by atoms with Crippen molar-refractivity contribution < 1.29 is 9.59 Å². The first-order chi connectivity index (χ1) is 9.58. The molecule has 0 saturated carbocycles. The lowest BCUT2D eigenvalue weighted by molar-refractivity contribution is -0.135. The van der Waals surface area contributed by atoms with Gasteiger partial charge < -0.3 is 10.2 Å². The van der Waals surface area contributed by atoms with Crippen molar-refractivity contribution in [3.05, 3.63) is 16.6 Å². The molecule has 1 atom stereocenters. The van der Waals surface area contributed by atoms with E-state index >= 15 is 0 Å². The lowest BCUT2D eigenvalue weighted by Crippen LogP contribution is -2.58. The zero-order valence-corrected chi connectivity index (χ0v) is 12.7. The van der Waals surface area contributed by atoms with Gasteiger partial charge in [0, 0.05) is 51.1 Å². The van der Waals surface area contributed by atoms with Crippen molar-refractivity contribution in [1.82, 2.24) is 20.1 Å². The average molecular weight is 296 g/mol. The van der Waals surface area contributed by atoms with Gasteiger partial charge in [0.05, 0.1) is 5.01 Å². The zero-order valence-electron chi connectivity index (χ0n) is 11.8. The molecule has 110 valence electrons. The quantitative estimate of drug-likeness (QED) is 0.847. The molecule has 1 fully saturated rings. The third-order valence-electron chi connectivity index (χ3n) is 3.52. The summed E-state index contributed by atoms with van der Waals surface area (Å²) >= 11 is 1.59. The highest BCUT2D eigenvalue weighted by Crippen LogP contribution is 2.08. The largest absolute Gasteiger partial charge is 0.354 e. The predicted molar refractivity (Wildman–Crippen MR) is 77.5 cm³/mol. The molecule has 0 spiro atoms. The van der Waals surface area contributed by atoms with E-state index in [0.717, 1.165) is 18.0 Å². The minimum atomic E-state index is -0.260. The fourth-order valence-corrected chi connectivity index (χ4v) is 2.85. The molecular weight excluding hydrogens is 276 g/mol. The summed E-state index contributed by atoms with van der Waals surface area (Å²) in [5.74, 6) is 0.00805. The number of carbonyl (C=O) groups is 2. The highest BCUT2D eigenvalue weighted by atomic mass is 32.1. The summed E-state index contributed by atoms with van der Waals surface area (Å²) in [5, 5.41) is 5.88. The van der Waals surface area contributed by atoms with Gasteiger partial charge in [0.2, 0.25) is 11.8 Å². The normalized spacial score (nSPS) is 19.9. The Bertz CT molecular complexity index is 463. The molecule has 1 aromatic rings. The number of hydrogen-bond acceptors (Lipinski definition) is 5. The molecule has 0 aliphatic carbocycles. The van der Waals surface area contributed by atoms with E-state index in [9.17, 15) is 9.59 Å². The predicted octanol–water partition coefficient (Wildman–Crippen LogP) is -0.0357. The minimum Gasteiger partial charge on any atom is -0.354 e. The summed E-state index contributed by atoms with van der Waals surface area (Å²) in [6.45, 7) is 4.01. The summed E-state index contributed by atoms with van der Waals surface area (Å²) in [5.41, 5.74) is 0. The molecule has 20 heavy (non-hydrogen) atoms. The number of piperazine rings is 1. The number of rotatable bonds is 4. The molecular formula is C13H20N4O2S. The number of hydrogen-bond donors (Lipinski definition) is 1. The van der Waals surface area contributed by atoms with E-state index in [1.54, 1.807) is 29.4 Å². The van der Waals surface area contributed by atoms with Gasteiger partial charge in [-0.15, -0.1) is 11.3 Å². The lowest BCUT2D eigenvalue weighted by atomic mass is 10.1. The standard InChI is InChI=1S/C13H20N4O2S/c1-10(18)17-7-6-16(2)11(9-17)13(19)15-4-3-12-14-5-8-20-12/h5,8,11H,3-4,6-7,9H2,1-2H3,(H,15,19). The Morgan fingerprint density at radius 3 is 2.95 bits per heavy atom. The van der Waals surface area contributed by atoms with Crippen LogP contribution in [-0.2, 0) is 16.0 Å². The number of amides is 2. The number of nitrogens with one attached hydrogen (secondary N) is 1. The van der Waals surface area contributed by atoms with Crippen LogP contribution in [0.1, 0.15) is 11.9 Å². The Kier molecular flexibility index (Phi) is 5.08. The third kappa shape index (κ3) is 3.77. The summed E-state index contributed by atoms with van der Waals surface area (Å²) in [6.07, 6.45) is 2.51. The topological polar surface area (TPSA) is 65.5 Å². The second-order valence-electron chi connectivity index (χ2n) is 4.93. The van der Waals surface area contributed by atoms with Crippen molar-refractivity contribution in [2.75, 3.05) is 33.2 Å². The van der Waals surface area contributed by atoms with Crippen LogP contribution in [0.5, 0.6) is 0 Å². The average Bonchev–Trinajstić information content (AvgIpc) is 2.92. The first kappa shape index (κ1) is 14.9. The molecule has 0 bridgehead atoms. The van der Waals surface area contributed by atoms with E-state index in [2.05, 4.69) is 10.3 Å². The Labute approximate surface area is 122 Å². The molecule has 1 aliphatic heterocycles. The van der Waals surface area contributed by atoms with Crippen LogP contribution in [0.25, 0.3) is 0 Å². The van der Waals surface area contributed by atoms with Crippen molar-refractivity contribution in [1.29, 1.82) is 0 Å². The monoisotopic (exact) mass is 296 g/mol. The molecule has 0 aromatic carbocycles. The van der Waals surface area contributed by atoms with E-state index in [4.69, 9.17) is 0 Å². The van der Waals surface area contributed by atoms with Gasteiger partial charge in [-0.3, -0.25) is 14.5 Å². The number of thiazole rings is 1. The highest BCUT2D eigenvalue weighted by molar-refractivity contribution is 7.09. The molecule has 2 heterocycles. The lowest BCUT2D eigenvalue weighted by Gasteiger charge is -2.38. The van der Waals surface area contributed by atoms with Gasteiger partial charge >= 0.3 is 0 Å². The molecule has 1 aromatic heterocycles. The fraction of sp³-hybridized carbons (Fsp3) is 0.615. The Morgan fingerprint density at radius 1 is 1.50 bits per heavy atom. The van der Waals surface area contributed by atoms with Crippen molar-refractivity contribution in [2.24, 2.45) is 0 Å². The van der Waals surface area contributed by atoms with Gasteiger partial charge in [-0.1, -0.05) is 0 Å². The summed E-state index contributed by atoms with van der Waals surface area (Å²) in [7, 11) is 1.92. The van der Waals surface area contributed by atoms with Crippen LogP contribution in [0.2, 0.25) is 0 Å². The number of nitrogens with zero attached hydrogens (tertiary/aromatic N) is 3. The Hall–Kier alpha value is -1.47. The second kappa shape index (κ2) is 6.81. The van der Waals surface area contributed by atoms with E-state index in [-0.39, 0.29) is 17.9 Å². The highest BCUT2D eigenvalue weighted by Gasteiger charge is 2.30. The smallest absolute Gasteiger partial charge is 0.239 e. The molecule has 1 unspecified atom stereocenters. The fourth-order valence-electron chi connectivity index (χ4n) is 2.23. The maximum absolute atomic E-state index is 12.2. The first-order valence-electron chi connectivity index (χ1n) is 6.69. The Balaban J connectivity index is 1.82. The number of carbonyl (C=O) groups excluding carboxylic acids is 2. The van der Waals surface area contributed by atoms with Crippen molar-refractivity contribution in [2.45, 2.75) is 19.4 Å². The second-order valence-corrected chi connectivity index (χ2v) is 5.91. The van der Waals surface area contributed by atoms with Crippen molar-refractivity contribution >= 4 is 23.2 Å². The molecule has 0 radical (unpaired) electrons. The molecule has 1 N–H and O–H groups in total. The van der Waals surface area contributed by atoms with E-state index < -0.39 is 0 Å². The van der Waals surface area contributed by atoms with Crippen LogP contribution in [0, 0.1) is 0 Å². The molecule has 1 saturated heterocycles. The van der Waals surface area contributed by atoms with E-state index in [1.165, 1.54) is 0 Å². The summed E-state index contributed by atoms with van der Waals surface area (Å²) in [4.78, 5) is 31.5. The van der Waals surface area contributed by atoms with Crippen molar-refractivity contribution in [3.63, 3.8) is 0 Å². The maximum atomic E-state index is 12.2. The molecule has 7 heteroatoms.